The van der Waals surface area contributed by atoms with Crippen molar-refractivity contribution in [2.24, 2.45) is 5.92 Å². The van der Waals surface area contributed by atoms with Crippen LogP contribution in [0.15, 0.2) is 18.2 Å². The molecule has 1 aliphatic rings. The molecule has 1 fully saturated rings. The molecule has 1 saturated heterocycles. The molecule has 0 N–H and O–H groups in total. The molecule has 0 radical (unpaired) electrons. The molecule has 2 rings (SSSR count). The number of rotatable bonds is 3. The van der Waals surface area contributed by atoms with Crippen LogP contribution in [-0.2, 0) is 9.53 Å². The van der Waals surface area contributed by atoms with Crippen molar-refractivity contribution < 1.29 is 14.5 Å². The number of aryl methyl sites for hydroxylation is 1. The van der Waals surface area contributed by atoms with E-state index in [0.29, 0.717) is 13.1 Å². The third-order valence-electron chi connectivity index (χ3n) is 3.47. The zero-order valence-corrected chi connectivity index (χ0v) is 11.0. The lowest BCUT2D eigenvalue weighted by Gasteiger charge is -2.20. The van der Waals surface area contributed by atoms with Crippen molar-refractivity contribution in [1.29, 1.82) is 0 Å². The summed E-state index contributed by atoms with van der Waals surface area (Å²) in [4.78, 5) is 23.9. The summed E-state index contributed by atoms with van der Waals surface area (Å²) < 4.78 is 4.74. The number of carbonyl (C=O) groups excluding carboxylic acids is 1. The molecule has 102 valence electrons. The van der Waals surface area contributed by atoms with Gasteiger partial charge in [0.05, 0.1) is 18.0 Å². The van der Waals surface area contributed by atoms with E-state index < -0.39 is 4.92 Å². The Morgan fingerprint density at radius 2 is 2.26 bits per heavy atom. The van der Waals surface area contributed by atoms with Gasteiger partial charge in [-0.2, -0.15) is 0 Å². The van der Waals surface area contributed by atoms with Crippen molar-refractivity contribution in [2.45, 2.75) is 13.3 Å². The Kier molecular flexibility index (Phi) is 3.69. The highest BCUT2D eigenvalue weighted by Crippen LogP contribution is 2.30. The van der Waals surface area contributed by atoms with E-state index in [4.69, 9.17) is 4.74 Å². The van der Waals surface area contributed by atoms with Crippen LogP contribution in [0.5, 0.6) is 0 Å². The van der Waals surface area contributed by atoms with E-state index in [1.807, 2.05) is 11.8 Å². The first-order valence-electron chi connectivity index (χ1n) is 6.10. The van der Waals surface area contributed by atoms with Gasteiger partial charge in [-0.05, 0) is 18.9 Å². The Morgan fingerprint density at radius 3 is 2.89 bits per heavy atom. The number of anilines is 1. The molecule has 1 aromatic rings. The summed E-state index contributed by atoms with van der Waals surface area (Å²) in [6.45, 7) is 3.17. The number of hydrogen-bond acceptors (Lipinski definition) is 5. The third kappa shape index (κ3) is 2.67. The second-order valence-corrected chi connectivity index (χ2v) is 4.68. The number of hydrogen-bond donors (Lipinski definition) is 0. The zero-order chi connectivity index (χ0) is 14.0. The normalized spacial score (nSPS) is 18.4. The average Bonchev–Trinajstić information content (AvgIpc) is 2.87. The van der Waals surface area contributed by atoms with Crippen LogP contribution in [0.1, 0.15) is 12.0 Å². The minimum atomic E-state index is -0.406. The Labute approximate surface area is 111 Å². The van der Waals surface area contributed by atoms with E-state index in [2.05, 4.69) is 0 Å². The summed E-state index contributed by atoms with van der Waals surface area (Å²) in [7, 11) is 1.38. The molecule has 0 spiro atoms. The number of esters is 1. The summed E-state index contributed by atoms with van der Waals surface area (Å²) in [6.07, 6.45) is 0.717. The first-order valence-corrected chi connectivity index (χ1v) is 6.10. The summed E-state index contributed by atoms with van der Waals surface area (Å²) in [5.74, 6) is -0.366. The maximum atomic E-state index is 11.5. The van der Waals surface area contributed by atoms with Gasteiger partial charge in [0, 0.05) is 30.9 Å². The first-order chi connectivity index (χ1) is 9.02. The third-order valence-corrected chi connectivity index (χ3v) is 3.47. The lowest BCUT2D eigenvalue weighted by molar-refractivity contribution is -0.384. The highest BCUT2D eigenvalue weighted by Gasteiger charge is 2.30. The summed E-state index contributed by atoms with van der Waals surface area (Å²) >= 11 is 0. The fourth-order valence-corrected chi connectivity index (χ4v) is 2.39. The Morgan fingerprint density at radius 1 is 1.53 bits per heavy atom. The molecular formula is C13H16N2O4. The Bertz CT molecular complexity index is 515. The van der Waals surface area contributed by atoms with Crippen molar-refractivity contribution in [1.82, 2.24) is 0 Å². The molecule has 0 aromatic heterocycles. The van der Waals surface area contributed by atoms with Crippen LogP contribution in [0.4, 0.5) is 11.4 Å². The first kappa shape index (κ1) is 13.3. The molecule has 0 aliphatic carbocycles. The number of ether oxygens (including phenoxy) is 1. The number of methoxy groups -OCH3 is 1. The fraction of sp³-hybridized carbons (Fsp3) is 0.462. The fourth-order valence-electron chi connectivity index (χ4n) is 2.39. The van der Waals surface area contributed by atoms with Crippen molar-refractivity contribution in [3.8, 4) is 0 Å². The van der Waals surface area contributed by atoms with Crippen molar-refractivity contribution in [2.75, 3.05) is 25.1 Å². The van der Waals surface area contributed by atoms with Crippen LogP contribution in [0.2, 0.25) is 0 Å². The second-order valence-electron chi connectivity index (χ2n) is 4.68. The molecule has 1 unspecified atom stereocenters. The molecule has 0 bridgehead atoms. The van der Waals surface area contributed by atoms with E-state index >= 15 is 0 Å². The van der Waals surface area contributed by atoms with Crippen LogP contribution in [0.3, 0.4) is 0 Å². The molecule has 1 atom stereocenters. The maximum absolute atomic E-state index is 11.5. The van der Waals surface area contributed by atoms with Crippen LogP contribution < -0.4 is 4.90 Å². The Hall–Kier alpha value is -2.11. The van der Waals surface area contributed by atoms with Gasteiger partial charge in [-0.1, -0.05) is 6.07 Å². The van der Waals surface area contributed by atoms with Gasteiger partial charge in [-0.25, -0.2) is 0 Å². The lowest BCUT2D eigenvalue weighted by atomic mass is 10.1. The quantitative estimate of drug-likeness (QED) is 0.473. The highest BCUT2D eigenvalue weighted by molar-refractivity contribution is 5.74. The van der Waals surface area contributed by atoms with E-state index in [9.17, 15) is 14.9 Å². The van der Waals surface area contributed by atoms with Crippen LogP contribution in [0.25, 0.3) is 0 Å². The van der Waals surface area contributed by atoms with Crippen LogP contribution in [0, 0.1) is 23.0 Å². The summed E-state index contributed by atoms with van der Waals surface area (Å²) in [6, 6.07) is 4.79. The number of benzene rings is 1. The van der Waals surface area contributed by atoms with Gasteiger partial charge < -0.3 is 9.64 Å². The minimum Gasteiger partial charge on any atom is -0.469 e. The van der Waals surface area contributed by atoms with Crippen LogP contribution >= 0.6 is 0 Å². The summed E-state index contributed by atoms with van der Waals surface area (Å²) in [5.41, 5.74) is 1.86. The topological polar surface area (TPSA) is 72.7 Å². The second kappa shape index (κ2) is 5.26. The molecule has 1 aromatic carbocycles. The van der Waals surface area contributed by atoms with Crippen molar-refractivity contribution in [3.63, 3.8) is 0 Å². The van der Waals surface area contributed by atoms with Gasteiger partial charge in [-0.3, -0.25) is 14.9 Å². The van der Waals surface area contributed by atoms with E-state index in [1.54, 1.807) is 12.1 Å². The van der Waals surface area contributed by atoms with E-state index in [0.717, 1.165) is 17.7 Å². The van der Waals surface area contributed by atoms with Gasteiger partial charge >= 0.3 is 5.97 Å². The zero-order valence-electron chi connectivity index (χ0n) is 11.0. The van der Waals surface area contributed by atoms with E-state index in [1.165, 1.54) is 13.2 Å². The molecule has 0 amide bonds. The molecule has 1 aliphatic heterocycles. The van der Waals surface area contributed by atoms with Gasteiger partial charge in [0.2, 0.25) is 0 Å². The minimum absolute atomic E-state index is 0.0714. The molecular weight excluding hydrogens is 248 g/mol. The predicted octanol–water partition coefficient (Wildman–Crippen LogP) is 1.90. The van der Waals surface area contributed by atoms with Gasteiger partial charge in [0.25, 0.3) is 5.69 Å². The SMILES string of the molecule is COC(=O)C1CCN(c2cc([N+](=O)[O-])ccc2C)C1. The van der Waals surface area contributed by atoms with Gasteiger partial charge in [0.15, 0.2) is 0 Å². The largest absolute Gasteiger partial charge is 0.469 e. The number of nitro groups is 1. The lowest BCUT2D eigenvalue weighted by Crippen LogP contribution is -2.24. The van der Waals surface area contributed by atoms with Crippen molar-refractivity contribution in [3.05, 3.63) is 33.9 Å². The molecule has 1 heterocycles. The van der Waals surface area contributed by atoms with Crippen molar-refractivity contribution >= 4 is 17.3 Å². The molecule has 0 saturated carbocycles. The number of non-ortho nitro benzene ring substituents is 1. The van der Waals surface area contributed by atoms with E-state index in [-0.39, 0.29) is 17.6 Å². The smallest absolute Gasteiger partial charge is 0.310 e. The monoisotopic (exact) mass is 264 g/mol. The molecule has 6 nitrogen and oxygen atoms in total. The van der Waals surface area contributed by atoms with Gasteiger partial charge in [-0.15, -0.1) is 0 Å². The number of nitro benzene ring substituents is 1. The standard InChI is InChI=1S/C13H16N2O4/c1-9-3-4-11(15(17)18)7-12(9)14-6-5-10(8-14)13(16)19-2/h3-4,7,10H,5-6,8H2,1-2H3. The predicted molar refractivity (Wildman–Crippen MR) is 70.2 cm³/mol. The Balaban J connectivity index is 2.21. The molecule has 6 heteroatoms. The molecule has 19 heavy (non-hydrogen) atoms. The maximum Gasteiger partial charge on any atom is 0.310 e. The van der Waals surface area contributed by atoms with Gasteiger partial charge in [0.1, 0.15) is 0 Å². The average molecular weight is 264 g/mol. The number of nitrogens with zero attached hydrogens (tertiary/aromatic N) is 2. The number of carbonyl (C=O) groups is 1. The van der Waals surface area contributed by atoms with Crippen LogP contribution in [-0.4, -0.2) is 31.1 Å². The summed E-state index contributed by atoms with van der Waals surface area (Å²) in [5, 5.41) is 10.8. The highest BCUT2D eigenvalue weighted by atomic mass is 16.6.